The number of likely N-dealkylation sites (N-methyl/N-ethyl adjacent to an activating group) is 1. The first-order valence-electron chi connectivity index (χ1n) is 10.5. The van der Waals surface area contributed by atoms with Crippen molar-refractivity contribution in [1.29, 1.82) is 0 Å². The zero-order chi connectivity index (χ0) is 22.3. The minimum absolute atomic E-state index is 0. The SMILES string of the molecule is CN=C(NCCc1ccc(S(C)(=O)=O)cc1)NCc1ccnc(N2CCN(C)CC2)c1.I. The van der Waals surface area contributed by atoms with Gasteiger partial charge in [-0.15, -0.1) is 24.0 Å². The van der Waals surface area contributed by atoms with Gasteiger partial charge in [0.15, 0.2) is 15.8 Å². The molecule has 1 aliphatic rings. The summed E-state index contributed by atoms with van der Waals surface area (Å²) in [6, 6.07) is 11.2. The molecule has 0 amide bonds. The van der Waals surface area contributed by atoms with Crippen LogP contribution in [-0.4, -0.2) is 77.3 Å². The van der Waals surface area contributed by atoms with Crippen molar-refractivity contribution >= 4 is 45.6 Å². The van der Waals surface area contributed by atoms with Gasteiger partial charge < -0.3 is 20.4 Å². The summed E-state index contributed by atoms with van der Waals surface area (Å²) in [5.41, 5.74) is 2.23. The minimum Gasteiger partial charge on any atom is -0.356 e. The van der Waals surface area contributed by atoms with Gasteiger partial charge in [0, 0.05) is 58.8 Å². The number of benzene rings is 1. The lowest BCUT2D eigenvalue weighted by molar-refractivity contribution is 0.312. The Balaban J connectivity index is 0.00000363. The van der Waals surface area contributed by atoms with Crippen LogP contribution in [0.1, 0.15) is 11.1 Å². The molecule has 1 saturated heterocycles. The molecular formula is C22H33IN6O2S. The Bertz CT molecular complexity index is 990. The molecule has 1 fully saturated rings. The number of hydrogen-bond acceptors (Lipinski definition) is 6. The lowest BCUT2D eigenvalue weighted by atomic mass is 10.1. The first-order valence-corrected chi connectivity index (χ1v) is 12.4. The molecule has 1 aliphatic heterocycles. The summed E-state index contributed by atoms with van der Waals surface area (Å²) in [4.78, 5) is 13.8. The maximum absolute atomic E-state index is 11.6. The maximum atomic E-state index is 11.6. The summed E-state index contributed by atoms with van der Waals surface area (Å²) in [5.74, 6) is 1.75. The number of aliphatic imine (C=N–C) groups is 1. The van der Waals surface area contributed by atoms with Crippen molar-refractivity contribution in [2.45, 2.75) is 17.9 Å². The molecule has 176 valence electrons. The quantitative estimate of drug-likeness (QED) is 0.297. The second kappa shape index (κ2) is 12.4. The molecule has 0 saturated carbocycles. The van der Waals surface area contributed by atoms with Gasteiger partial charge in [-0.25, -0.2) is 13.4 Å². The van der Waals surface area contributed by atoms with E-state index in [4.69, 9.17) is 0 Å². The fraction of sp³-hybridized carbons (Fsp3) is 0.455. The number of sulfone groups is 1. The Kier molecular flexibility index (Phi) is 10.2. The van der Waals surface area contributed by atoms with Crippen molar-refractivity contribution < 1.29 is 8.42 Å². The molecule has 0 bridgehead atoms. The van der Waals surface area contributed by atoms with Crippen LogP contribution in [0.25, 0.3) is 0 Å². The van der Waals surface area contributed by atoms with E-state index in [1.807, 2.05) is 24.4 Å². The van der Waals surface area contributed by atoms with Crippen molar-refractivity contribution in [2.24, 2.45) is 4.99 Å². The summed E-state index contributed by atoms with van der Waals surface area (Å²) in [5, 5.41) is 6.65. The van der Waals surface area contributed by atoms with Crippen LogP contribution >= 0.6 is 24.0 Å². The second-order valence-corrected chi connectivity index (χ2v) is 9.85. The molecule has 0 unspecified atom stereocenters. The molecule has 1 aromatic carbocycles. The monoisotopic (exact) mass is 572 g/mol. The van der Waals surface area contributed by atoms with Gasteiger partial charge >= 0.3 is 0 Å². The summed E-state index contributed by atoms with van der Waals surface area (Å²) in [6.07, 6.45) is 3.85. The van der Waals surface area contributed by atoms with E-state index in [-0.39, 0.29) is 24.0 Å². The van der Waals surface area contributed by atoms with Crippen molar-refractivity contribution in [2.75, 3.05) is 58.0 Å². The molecular weight excluding hydrogens is 539 g/mol. The van der Waals surface area contributed by atoms with Crippen molar-refractivity contribution in [3.05, 3.63) is 53.7 Å². The minimum atomic E-state index is -3.16. The molecule has 10 heteroatoms. The number of nitrogens with zero attached hydrogens (tertiary/aromatic N) is 4. The number of halogens is 1. The molecule has 0 aliphatic carbocycles. The van der Waals surface area contributed by atoms with E-state index in [1.165, 1.54) is 6.26 Å². The molecule has 0 radical (unpaired) electrons. The Hall–Kier alpha value is -1.92. The van der Waals surface area contributed by atoms with Gasteiger partial charge in [0.25, 0.3) is 0 Å². The van der Waals surface area contributed by atoms with Crippen molar-refractivity contribution in [3.63, 3.8) is 0 Å². The molecule has 1 aromatic heterocycles. The predicted molar refractivity (Wildman–Crippen MR) is 141 cm³/mol. The highest BCUT2D eigenvalue weighted by Gasteiger charge is 2.15. The normalized spacial score (nSPS) is 15.2. The Labute approximate surface area is 208 Å². The van der Waals surface area contributed by atoms with Crippen molar-refractivity contribution in [1.82, 2.24) is 20.5 Å². The average molecular weight is 573 g/mol. The number of nitrogens with one attached hydrogen (secondary N) is 2. The van der Waals surface area contributed by atoms with Gasteiger partial charge in [-0.3, -0.25) is 4.99 Å². The van der Waals surface area contributed by atoms with E-state index in [2.05, 4.69) is 43.5 Å². The van der Waals surface area contributed by atoms with Gasteiger partial charge in [-0.2, -0.15) is 0 Å². The fourth-order valence-electron chi connectivity index (χ4n) is 3.41. The van der Waals surface area contributed by atoms with Gasteiger partial charge in [0.05, 0.1) is 4.90 Å². The maximum Gasteiger partial charge on any atom is 0.191 e. The van der Waals surface area contributed by atoms with Gasteiger partial charge in [0.2, 0.25) is 0 Å². The molecule has 0 atom stereocenters. The van der Waals surface area contributed by atoms with E-state index in [0.29, 0.717) is 18.0 Å². The molecule has 3 rings (SSSR count). The van der Waals surface area contributed by atoms with E-state index in [0.717, 1.165) is 55.5 Å². The lowest BCUT2D eigenvalue weighted by Gasteiger charge is -2.33. The fourth-order valence-corrected chi connectivity index (χ4v) is 4.04. The van der Waals surface area contributed by atoms with E-state index in [9.17, 15) is 8.42 Å². The van der Waals surface area contributed by atoms with Crippen LogP contribution in [0.3, 0.4) is 0 Å². The third-order valence-corrected chi connectivity index (χ3v) is 6.51. The van der Waals surface area contributed by atoms with Gasteiger partial charge in [-0.1, -0.05) is 12.1 Å². The van der Waals surface area contributed by atoms with Crippen molar-refractivity contribution in [3.8, 4) is 0 Å². The zero-order valence-corrected chi connectivity index (χ0v) is 22.1. The summed E-state index contributed by atoms with van der Waals surface area (Å²) in [7, 11) is 0.737. The van der Waals surface area contributed by atoms with Gasteiger partial charge in [-0.05, 0) is 48.9 Å². The largest absolute Gasteiger partial charge is 0.356 e. The highest BCUT2D eigenvalue weighted by Crippen LogP contribution is 2.15. The summed E-state index contributed by atoms with van der Waals surface area (Å²) in [6.45, 7) is 5.45. The Morgan fingerprint density at radius 1 is 1.06 bits per heavy atom. The first-order chi connectivity index (χ1) is 14.8. The topological polar surface area (TPSA) is 89.9 Å². The Morgan fingerprint density at radius 3 is 2.38 bits per heavy atom. The van der Waals surface area contributed by atoms with Crippen LogP contribution in [-0.2, 0) is 22.8 Å². The molecule has 8 nitrogen and oxygen atoms in total. The van der Waals surface area contributed by atoms with E-state index in [1.54, 1.807) is 19.2 Å². The summed E-state index contributed by atoms with van der Waals surface area (Å²) < 4.78 is 23.1. The molecule has 32 heavy (non-hydrogen) atoms. The van der Waals surface area contributed by atoms with E-state index >= 15 is 0 Å². The first kappa shape index (κ1) is 26.3. The standard InChI is InChI=1S/C22H32N6O2S.HI/c1-23-22(25-11-8-18-4-6-20(7-5-18)31(3,29)30)26-17-19-9-10-24-21(16-19)28-14-12-27(2)13-15-28;/h4-7,9-10,16H,8,11-15,17H2,1-3H3,(H2,23,25,26);1H. The van der Waals surface area contributed by atoms with Crippen LogP contribution in [0.4, 0.5) is 5.82 Å². The lowest BCUT2D eigenvalue weighted by Crippen LogP contribution is -2.44. The number of guanidine groups is 1. The van der Waals surface area contributed by atoms with Crippen LogP contribution in [0.15, 0.2) is 52.5 Å². The molecule has 0 spiro atoms. The number of rotatable bonds is 7. The summed E-state index contributed by atoms with van der Waals surface area (Å²) >= 11 is 0. The van der Waals surface area contributed by atoms with Crippen LogP contribution in [0.2, 0.25) is 0 Å². The second-order valence-electron chi connectivity index (χ2n) is 7.83. The highest BCUT2D eigenvalue weighted by atomic mass is 127. The van der Waals surface area contributed by atoms with E-state index < -0.39 is 9.84 Å². The van der Waals surface area contributed by atoms with Crippen LogP contribution in [0, 0.1) is 0 Å². The number of pyridine rings is 1. The highest BCUT2D eigenvalue weighted by molar-refractivity contribution is 14.0. The number of hydrogen-bond donors (Lipinski definition) is 2. The smallest absolute Gasteiger partial charge is 0.191 e. The third-order valence-electron chi connectivity index (χ3n) is 5.38. The molecule has 2 N–H and O–H groups in total. The molecule has 2 heterocycles. The molecule has 2 aromatic rings. The van der Waals surface area contributed by atoms with Crippen LogP contribution in [0.5, 0.6) is 0 Å². The zero-order valence-electron chi connectivity index (χ0n) is 18.9. The number of piperazine rings is 1. The third kappa shape index (κ3) is 7.89. The predicted octanol–water partition coefficient (Wildman–Crippen LogP) is 1.76. The van der Waals surface area contributed by atoms with Crippen LogP contribution < -0.4 is 15.5 Å². The number of anilines is 1. The Morgan fingerprint density at radius 2 is 1.75 bits per heavy atom. The number of aromatic nitrogens is 1. The van der Waals surface area contributed by atoms with Gasteiger partial charge in [0.1, 0.15) is 5.82 Å². The average Bonchev–Trinajstić information content (AvgIpc) is 2.76.